The molecule has 0 spiro atoms. The molecule has 3 aliphatic heterocycles. The van der Waals surface area contributed by atoms with Crippen LogP contribution in [-0.4, -0.2) is 64.6 Å². The van der Waals surface area contributed by atoms with Crippen LogP contribution in [-0.2, 0) is 9.59 Å². The van der Waals surface area contributed by atoms with Crippen LogP contribution in [0.15, 0.2) is 11.8 Å². The molecule has 1 amide bonds. The Morgan fingerprint density at radius 3 is 2.85 bits per heavy atom. The number of carboxylic acid groups (broad SMARTS) is 1. The highest BCUT2D eigenvalue weighted by atomic mass is 32.2. The lowest BCUT2D eigenvalue weighted by molar-refractivity contribution is -0.900. The SMILES string of the molecule is C[N+]1(CC2(N)C(=O)N3C(C(=O)[O-])=CCS[C@H]32)CCCC1. The number of likely N-dealkylation sites (N-methyl/N-ethyl adjacent to an activating group) is 1. The number of fused-ring (bicyclic) bond motifs is 1. The van der Waals surface area contributed by atoms with E-state index in [0.29, 0.717) is 12.3 Å². The Hall–Kier alpha value is -1.05. The fourth-order valence-electron chi connectivity index (χ4n) is 3.59. The van der Waals surface area contributed by atoms with E-state index in [-0.39, 0.29) is 17.0 Å². The Bertz CT molecular complexity index is 501. The van der Waals surface area contributed by atoms with E-state index in [1.54, 1.807) is 0 Å². The van der Waals surface area contributed by atoms with E-state index in [9.17, 15) is 14.7 Å². The number of likely N-dealkylation sites (tertiary alicyclic amines) is 1. The summed E-state index contributed by atoms with van der Waals surface area (Å²) in [6.45, 7) is 2.65. The van der Waals surface area contributed by atoms with E-state index in [0.717, 1.165) is 30.4 Å². The average Bonchev–Trinajstić information content (AvgIpc) is 2.83. The molecule has 2 saturated heterocycles. The van der Waals surface area contributed by atoms with E-state index >= 15 is 0 Å². The van der Waals surface area contributed by atoms with Gasteiger partial charge in [0.15, 0.2) is 5.54 Å². The molecule has 0 saturated carbocycles. The van der Waals surface area contributed by atoms with Gasteiger partial charge in [-0.25, -0.2) is 0 Å². The summed E-state index contributed by atoms with van der Waals surface area (Å²) in [6.07, 6.45) is 3.85. The number of nitrogens with two attached hydrogens (primary N) is 1. The predicted octanol–water partition coefficient (Wildman–Crippen LogP) is -1.53. The molecule has 0 aromatic rings. The second kappa shape index (κ2) is 4.47. The Morgan fingerprint density at radius 1 is 1.60 bits per heavy atom. The Kier molecular flexibility index (Phi) is 3.11. The van der Waals surface area contributed by atoms with Crippen LogP contribution in [0, 0.1) is 0 Å². The molecule has 3 aliphatic rings. The summed E-state index contributed by atoms with van der Waals surface area (Å²) in [7, 11) is 2.13. The number of carboxylic acids is 1. The monoisotopic (exact) mass is 297 g/mol. The van der Waals surface area contributed by atoms with Crippen LogP contribution in [0.25, 0.3) is 0 Å². The number of rotatable bonds is 3. The van der Waals surface area contributed by atoms with Gasteiger partial charge in [-0.05, 0) is 6.08 Å². The van der Waals surface area contributed by atoms with Crippen LogP contribution in [0.4, 0.5) is 0 Å². The molecule has 1 unspecified atom stereocenters. The van der Waals surface area contributed by atoms with Crippen LogP contribution < -0.4 is 10.8 Å². The molecule has 0 aromatic heterocycles. The minimum atomic E-state index is -1.30. The second-order valence-electron chi connectivity index (χ2n) is 6.21. The van der Waals surface area contributed by atoms with E-state index < -0.39 is 11.5 Å². The number of hydrogen-bond acceptors (Lipinski definition) is 5. The molecule has 0 radical (unpaired) electrons. The first-order chi connectivity index (χ1) is 9.37. The maximum Gasteiger partial charge on any atom is 0.257 e. The largest absolute Gasteiger partial charge is 0.543 e. The molecule has 3 rings (SSSR count). The van der Waals surface area contributed by atoms with Gasteiger partial charge in [-0.15, -0.1) is 11.8 Å². The highest BCUT2D eigenvalue weighted by Gasteiger charge is 2.64. The van der Waals surface area contributed by atoms with Gasteiger partial charge in [-0.1, -0.05) is 0 Å². The van der Waals surface area contributed by atoms with Crippen molar-refractivity contribution in [1.29, 1.82) is 0 Å². The van der Waals surface area contributed by atoms with Gasteiger partial charge in [0.25, 0.3) is 5.91 Å². The molecule has 6 nitrogen and oxygen atoms in total. The number of carbonyl (C=O) groups is 2. The lowest BCUT2D eigenvalue weighted by Crippen LogP contribution is -2.82. The number of aliphatic carboxylic acids is 1. The zero-order valence-electron chi connectivity index (χ0n) is 11.5. The summed E-state index contributed by atoms with van der Waals surface area (Å²) >= 11 is 1.53. The highest BCUT2D eigenvalue weighted by Crippen LogP contribution is 2.44. The van der Waals surface area contributed by atoms with E-state index in [1.165, 1.54) is 22.7 Å². The summed E-state index contributed by atoms with van der Waals surface area (Å²) in [5.41, 5.74) is 5.39. The van der Waals surface area contributed by atoms with Crippen LogP contribution in [0.5, 0.6) is 0 Å². The Morgan fingerprint density at radius 2 is 2.25 bits per heavy atom. The number of hydrogen-bond donors (Lipinski definition) is 1. The van der Waals surface area contributed by atoms with E-state index in [2.05, 4.69) is 7.05 Å². The topological polar surface area (TPSA) is 86.5 Å². The molecular weight excluding hydrogens is 278 g/mol. The molecule has 2 N–H and O–H groups in total. The minimum Gasteiger partial charge on any atom is -0.543 e. The lowest BCUT2D eigenvalue weighted by Gasteiger charge is -2.56. The molecule has 0 bridgehead atoms. The minimum absolute atomic E-state index is 0.0242. The summed E-state index contributed by atoms with van der Waals surface area (Å²) in [6, 6.07) is 0. The number of nitrogens with zero attached hydrogens (tertiary/aromatic N) is 2. The molecule has 0 aromatic carbocycles. The van der Waals surface area contributed by atoms with Gasteiger partial charge in [-0.2, -0.15) is 0 Å². The van der Waals surface area contributed by atoms with Crippen molar-refractivity contribution < 1.29 is 19.2 Å². The van der Waals surface area contributed by atoms with E-state index in [4.69, 9.17) is 5.73 Å². The molecule has 2 fully saturated rings. The number of β-lactam (4-membered cyclic amide) rings is 1. The first kappa shape index (κ1) is 13.9. The first-order valence-electron chi connectivity index (χ1n) is 6.87. The van der Waals surface area contributed by atoms with Crippen LogP contribution >= 0.6 is 11.8 Å². The lowest BCUT2D eigenvalue weighted by atomic mass is 9.86. The Labute approximate surface area is 122 Å². The van der Waals surface area contributed by atoms with Gasteiger partial charge in [0, 0.05) is 18.6 Å². The van der Waals surface area contributed by atoms with Crippen molar-refractivity contribution in [3.05, 3.63) is 11.8 Å². The van der Waals surface area contributed by atoms with Crippen molar-refractivity contribution in [3.63, 3.8) is 0 Å². The summed E-state index contributed by atoms with van der Waals surface area (Å²) in [5, 5.41) is 10.8. The standard InChI is InChI=1S/C13H19N3O3S/c1-16(5-2-3-6-16)8-13(14)11(19)15-9(10(17)18)4-7-20-12(13)15/h4,12H,2-3,5-8,14H2,1H3/t12-,13?/m0/s1. The fraction of sp³-hybridized carbons (Fsp3) is 0.692. The maximum absolute atomic E-state index is 12.4. The Balaban J connectivity index is 1.82. The first-order valence-corrected chi connectivity index (χ1v) is 7.91. The normalized spacial score (nSPS) is 35.3. The van der Waals surface area contributed by atoms with Crippen LogP contribution in [0.1, 0.15) is 12.8 Å². The molecule has 2 atom stereocenters. The van der Waals surface area contributed by atoms with Crippen LogP contribution in [0.2, 0.25) is 0 Å². The number of carbonyl (C=O) groups excluding carboxylic acids is 2. The second-order valence-corrected chi connectivity index (χ2v) is 7.32. The van der Waals surface area contributed by atoms with Crippen molar-refractivity contribution in [2.24, 2.45) is 5.73 Å². The smallest absolute Gasteiger partial charge is 0.257 e. The highest BCUT2D eigenvalue weighted by molar-refractivity contribution is 8.00. The zero-order chi connectivity index (χ0) is 14.5. The molecule has 3 heterocycles. The fourth-order valence-corrected chi connectivity index (χ4v) is 4.86. The maximum atomic E-state index is 12.4. The van der Waals surface area contributed by atoms with Crippen molar-refractivity contribution in [2.75, 3.05) is 32.4 Å². The van der Waals surface area contributed by atoms with Gasteiger partial charge in [0.2, 0.25) is 0 Å². The van der Waals surface area contributed by atoms with Gasteiger partial charge < -0.3 is 20.1 Å². The summed E-state index contributed by atoms with van der Waals surface area (Å²) in [4.78, 5) is 24.8. The average molecular weight is 297 g/mol. The van der Waals surface area contributed by atoms with Crippen molar-refractivity contribution >= 4 is 23.6 Å². The molecule has 7 heteroatoms. The molecule has 20 heavy (non-hydrogen) atoms. The van der Waals surface area contributed by atoms with Gasteiger partial charge in [0.1, 0.15) is 11.9 Å². The van der Waals surface area contributed by atoms with Crippen molar-refractivity contribution in [3.8, 4) is 0 Å². The van der Waals surface area contributed by atoms with Crippen LogP contribution in [0.3, 0.4) is 0 Å². The summed E-state index contributed by atoms with van der Waals surface area (Å²) < 4.78 is 0.803. The van der Waals surface area contributed by atoms with Gasteiger partial charge in [0.05, 0.1) is 31.8 Å². The van der Waals surface area contributed by atoms with E-state index in [1.807, 2.05) is 0 Å². The summed E-state index contributed by atoms with van der Waals surface area (Å²) in [5.74, 6) is -1.02. The third kappa shape index (κ3) is 1.88. The molecular formula is C13H19N3O3S. The van der Waals surface area contributed by atoms with Crippen molar-refractivity contribution in [2.45, 2.75) is 23.8 Å². The quantitative estimate of drug-likeness (QED) is 0.505. The van der Waals surface area contributed by atoms with Gasteiger partial charge in [-0.3, -0.25) is 9.69 Å². The molecule has 0 aliphatic carbocycles. The predicted molar refractivity (Wildman–Crippen MR) is 73.1 cm³/mol. The molecule has 110 valence electrons. The number of quaternary nitrogens is 1. The van der Waals surface area contributed by atoms with Crippen molar-refractivity contribution in [1.82, 2.24) is 4.90 Å². The zero-order valence-corrected chi connectivity index (χ0v) is 12.3. The third-order valence-electron chi connectivity index (χ3n) is 4.58. The number of amides is 1. The third-order valence-corrected chi connectivity index (χ3v) is 5.89. The van der Waals surface area contributed by atoms with Gasteiger partial charge >= 0.3 is 0 Å². The number of thioether (sulfide) groups is 1.